The molecule has 2 unspecified atom stereocenters. The summed E-state index contributed by atoms with van der Waals surface area (Å²) in [5.74, 6) is -0.0617. The van der Waals surface area contributed by atoms with Crippen LogP contribution in [0.2, 0.25) is 0 Å². The Morgan fingerprint density at radius 1 is 1.40 bits per heavy atom. The minimum atomic E-state index is -0.485. The van der Waals surface area contributed by atoms with Gasteiger partial charge in [-0.2, -0.15) is 0 Å². The topological polar surface area (TPSA) is 29.5 Å². The lowest BCUT2D eigenvalue weighted by molar-refractivity contribution is -0.151. The highest BCUT2D eigenvalue weighted by Crippen LogP contribution is 2.38. The summed E-state index contributed by atoms with van der Waals surface area (Å²) in [6.07, 6.45) is 2.71. The number of carbonyl (C=O) groups excluding carboxylic acids is 1. The Bertz CT molecular complexity index is 446. The molecule has 3 nitrogen and oxygen atoms in total. The molecule has 1 fully saturated rings. The van der Waals surface area contributed by atoms with E-state index in [-0.39, 0.29) is 5.97 Å². The molecule has 1 aromatic carbocycles. The van der Waals surface area contributed by atoms with E-state index in [9.17, 15) is 4.79 Å². The first kappa shape index (κ1) is 15.0. The molecule has 0 aliphatic carbocycles. The van der Waals surface area contributed by atoms with Crippen LogP contribution in [0.4, 0.5) is 0 Å². The van der Waals surface area contributed by atoms with Crippen molar-refractivity contribution in [3.05, 3.63) is 35.9 Å². The van der Waals surface area contributed by atoms with Crippen LogP contribution in [0.25, 0.3) is 0 Å². The van der Waals surface area contributed by atoms with Gasteiger partial charge >= 0.3 is 5.97 Å². The molecule has 1 heterocycles. The fourth-order valence-electron chi connectivity index (χ4n) is 3.20. The Morgan fingerprint density at radius 2 is 2.10 bits per heavy atom. The SMILES string of the molecule is CCOC(=O)C1(c2ccccc2)CCCN(C)C(C)C1. The van der Waals surface area contributed by atoms with Crippen LogP contribution in [-0.4, -0.2) is 37.1 Å². The number of ether oxygens (including phenoxy) is 1. The lowest BCUT2D eigenvalue weighted by Crippen LogP contribution is -2.41. The second-order valence-electron chi connectivity index (χ2n) is 5.81. The average Bonchev–Trinajstić information content (AvgIpc) is 2.61. The summed E-state index contributed by atoms with van der Waals surface area (Å²) in [5.41, 5.74) is 0.613. The highest BCUT2D eigenvalue weighted by atomic mass is 16.5. The molecule has 2 atom stereocenters. The van der Waals surface area contributed by atoms with E-state index in [1.165, 1.54) is 0 Å². The lowest BCUT2D eigenvalue weighted by atomic mass is 9.73. The number of rotatable bonds is 3. The van der Waals surface area contributed by atoms with E-state index < -0.39 is 5.41 Å². The van der Waals surface area contributed by atoms with Gasteiger partial charge in [-0.25, -0.2) is 0 Å². The molecule has 0 amide bonds. The zero-order chi connectivity index (χ0) is 14.6. The van der Waals surface area contributed by atoms with E-state index in [0.717, 1.165) is 31.4 Å². The van der Waals surface area contributed by atoms with Crippen LogP contribution < -0.4 is 0 Å². The molecule has 0 spiro atoms. The fraction of sp³-hybridized carbons (Fsp3) is 0.588. The number of carbonyl (C=O) groups is 1. The van der Waals surface area contributed by atoms with Gasteiger partial charge < -0.3 is 9.64 Å². The standard InChI is InChI=1S/C17H25NO2/c1-4-20-16(19)17(15-9-6-5-7-10-15)11-8-12-18(3)14(2)13-17/h5-7,9-10,14H,4,8,11-13H2,1-3H3. The maximum atomic E-state index is 12.7. The Morgan fingerprint density at radius 3 is 2.75 bits per heavy atom. The summed E-state index contributed by atoms with van der Waals surface area (Å²) in [5, 5.41) is 0. The van der Waals surface area contributed by atoms with Crippen LogP contribution in [0, 0.1) is 0 Å². The summed E-state index contributed by atoms with van der Waals surface area (Å²) in [6, 6.07) is 10.5. The first-order chi connectivity index (χ1) is 9.60. The number of benzene rings is 1. The minimum Gasteiger partial charge on any atom is -0.465 e. The summed E-state index contributed by atoms with van der Waals surface area (Å²) in [6.45, 7) is 5.55. The minimum absolute atomic E-state index is 0.0617. The molecule has 20 heavy (non-hydrogen) atoms. The molecule has 2 rings (SSSR count). The molecule has 0 saturated carbocycles. The molecule has 1 aliphatic rings. The second-order valence-corrected chi connectivity index (χ2v) is 5.81. The van der Waals surface area contributed by atoms with Crippen LogP contribution in [0.5, 0.6) is 0 Å². The first-order valence-corrected chi connectivity index (χ1v) is 7.53. The molecule has 1 saturated heterocycles. The summed E-state index contributed by atoms with van der Waals surface area (Å²) in [7, 11) is 2.14. The molecule has 0 N–H and O–H groups in total. The molecule has 1 aliphatic heterocycles. The van der Waals surface area contributed by atoms with E-state index in [0.29, 0.717) is 12.6 Å². The Kier molecular flexibility index (Phi) is 4.81. The zero-order valence-corrected chi connectivity index (χ0v) is 12.8. The average molecular weight is 275 g/mol. The molecular weight excluding hydrogens is 250 g/mol. The van der Waals surface area contributed by atoms with Gasteiger partial charge in [0, 0.05) is 6.04 Å². The van der Waals surface area contributed by atoms with E-state index in [2.05, 4.69) is 31.0 Å². The predicted molar refractivity (Wildman–Crippen MR) is 80.7 cm³/mol. The van der Waals surface area contributed by atoms with Gasteiger partial charge in [-0.05, 0) is 52.3 Å². The second kappa shape index (κ2) is 6.40. The molecule has 1 aromatic rings. The van der Waals surface area contributed by atoms with Crippen LogP contribution in [-0.2, 0) is 14.9 Å². The maximum Gasteiger partial charge on any atom is 0.316 e. The van der Waals surface area contributed by atoms with Gasteiger partial charge in [0.05, 0.1) is 12.0 Å². The predicted octanol–water partition coefficient (Wildman–Crippen LogP) is 2.99. The summed E-state index contributed by atoms with van der Waals surface area (Å²) in [4.78, 5) is 15.0. The Labute approximate surface area is 121 Å². The highest BCUT2D eigenvalue weighted by molar-refractivity contribution is 5.83. The number of hydrogen-bond donors (Lipinski definition) is 0. The molecule has 0 radical (unpaired) electrons. The van der Waals surface area contributed by atoms with Crippen molar-refractivity contribution < 1.29 is 9.53 Å². The number of nitrogens with zero attached hydrogens (tertiary/aromatic N) is 1. The van der Waals surface area contributed by atoms with Gasteiger partial charge in [0.1, 0.15) is 0 Å². The first-order valence-electron chi connectivity index (χ1n) is 7.53. The van der Waals surface area contributed by atoms with Crippen LogP contribution in [0.3, 0.4) is 0 Å². The maximum absolute atomic E-state index is 12.7. The quantitative estimate of drug-likeness (QED) is 0.794. The van der Waals surface area contributed by atoms with Gasteiger partial charge in [0.25, 0.3) is 0 Å². The van der Waals surface area contributed by atoms with Crippen molar-refractivity contribution in [3.63, 3.8) is 0 Å². The molecular formula is C17H25NO2. The Balaban J connectivity index is 2.41. The molecule has 0 aromatic heterocycles. The van der Waals surface area contributed by atoms with Crippen molar-refractivity contribution in [2.24, 2.45) is 0 Å². The number of likely N-dealkylation sites (tertiary alicyclic amines) is 1. The van der Waals surface area contributed by atoms with Crippen LogP contribution in [0.1, 0.15) is 38.7 Å². The van der Waals surface area contributed by atoms with Crippen LogP contribution in [0.15, 0.2) is 30.3 Å². The van der Waals surface area contributed by atoms with Crippen molar-refractivity contribution >= 4 is 5.97 Å². The van der Waals surface area contributed by atoms with E-state index in [4.69, 9.17) is 4.74 Å². The molecule has 0 bridgehead atoms. The van der Waals surface area contributed by atoms with Crippen molar-refractivity contribution in [3.8, 4) is 0 Å². The number of esters is 1. The fourth-order valence-corrected chi connectivity index (χ4v) is 3.20. The van der Waals surface area contributed by atoms with Gasteiger partial charge in [-0.15, -0.1) is 0 Å². The lowest BCUT2D eigenvalue weighted by Gasteiger charge is -2.33. The smallest absolute Gasteiger partial charge is 0.316 e. The Hall–Kier alpha value is -1.35. The van der Waals surface area contributed by atoms with E-state index in [1.54, 1.807) is 0 Å². The molecule has 110 valence electrons. The van der Waals surface area contributed by atoms with Crippen molar-refractivity contribution in [1.82, 2.24) is 4.90 Å². The monoisotopic (exact) mass is 275 g/mol. The normalized spacial score (nSPS) is 27.9. The van der Waals surface area contributed by atoms with Gasteiger partial charge in [-0.3, -0.25) is 4.79 Å². The van der Waals surface area contributed by atoms with E-state index >= 15 is 0 Å². The largest absolute Gasteiger partial charge is 0.465 e. The van der Waals surface area contributed by atoms with Crippen molar-refractivity contribution in [2.75, 3.05) is 20.2 Å². The summed E-state index contributed by atoms with van der Waals surface area (Å²) >= 11 is 0. The third-order valence-electron chi connectivity index (χ3n) is 4.50. The number of hydrogen-bond acceptors (Lipinski definition) is 3. The summed E-state index contributed by atoms with van der Waals surface area (Å²) < 4.78 is 5.42. The highest BCUT2D eigenvalue weighted by Gasteiger charge is 2.44. The third-order valence-corrected chi connectivity index (χ3v) is 4.50. The van der Waals surface area contributed by atoms with Gasteiger partial charge in [0.15, 0.2) is 0 Å². The zero-order valence-electron chi connectivity index (χ0n) is 12.8. The van der Waals surface area contributed by atoms with E-state index in [1.807, 2.05) is 25.1 Å². The van der Waals surface area contributed by atoms with Crippen molar-refractivity contribution in [2.45, 2.75) is 44.6 Å². The third kappa shape index (κ3) is 2.88. The van der Waals surface area contributed by atoms with Crippen molar-refractivity contribution in [1.29, 1.82) is 0 Å². The van der Waals surface area contributed by atoms with Gasteiger partial charge in [0.2, 0.25) is 0 Å². The van der Waals surface area contributed by atoms with Gasteiger partial charge in [-0.1, -0.05) is 30.3 Å². The van der Waals surface area contributed by atoms with Crippen LogP contribution >= 0.6 is 0 Å². The molecule has 3 heteroatoms.